The largest absolute Gasteiger partial charge is 0.314 e. The Morgan fingerprint density at radius 2 is 2.08 bits per heavy atom. The van der Waals surface area contributed by atoms with Gasteiger partial charge in [0.05, 0.1) is 19.5 Å². The average molecular weight is 185 g/mol. The summed E-state index contributed by atoms with van der Waals surface area (Å²) < 4.78 is 12.4. The molecule has 1 heterocycles. The molecule has 0 bridgehead atoms. The fourth-order valence-corrected chi connectivity index (χ4v) is 0.646. The van der Waals surface area contributed by atoms with Crippen LogP contribution in [0.4, 0.5) is 4.39 Å². The number of halogens is 1. The lowest BCUT2D eigenvalue weighted by Crippen LogP contribution is -2.27. The molecule has 0 aliphatic carbocycles. The van der Waals surface area contributed by atoms with E-state index in [-0.39, 0.29) is 5.82 Å². The molecular weight excluding hydrogens is 177 g/mol. The quantitative estimate of drug-likeness (QED) is 0.620. The summed E-state index contributed by atoms with van der Waals surface area (Å²) in [6, 6.07) is 0. The Bertz CT molecular complexity index is 301. The highest BCUT2D eigenvalue weighted by atomic mass is 19.1. The molecule has 1 aromatic rings. The van der Waals surface area contributed by atoms with Crippen molar-refractivity contribution in [1.29, 1.82) is 0 Å². The first-order valence-corrected chi connectivity index (χ1v) is 3.45. The van der Waals surface area contributed by atoms with Crippen molar-refractivity contribution in [2.45, 2.75) is 0 Å². The zero-order chi connectivity index (χ0) is 9.84. The smallest absolute Gasteiger partial charge is 0.274 e. The molecule has 1 rings (SSSR count). The summed E-state index contributed by atoms with van der Waals surface area (Å²) in [5.74, 6) is -1.22. The summed E-state index contributed by atoms with van der Waals surface area (Å²) in [6.07, 6.45) is 1.84. The molecule has 0 atom stereocenters. The lowest BCUT2D eigenvalue weighted by Gasteiger charge is -2.11. The van der Waals surface area contributed by atoms with E-state index in [1.165, 1.54) is 14.2 Å². The van der Waals surface area contributed by atoms with E-state index in [0.29, 0.717) is 0 Å². The Hall–Kier alpha value is -1.56. The minimum atomic E-state index is -0.586. The van der Waals surface area contributed by atoms with E-state index < -0.39 is 11.7 Å². The van der Waals surface area contributed by atoms with Crippen molar-refractivity contribution >= 4 is 5.91 Å². The molecule has 0 spiro atoms. The summed E-state index contributed by atoms with van der Waals surface area (Å²) in [5, 5.41) is 0.952. The van der Waals surface area contributed by atoms with Gasteiger partial charge < -0.3 is 0 Å². The van der Waals surface area contributed by atoms with Crippen molar-refractivity contribution in [3.63, 3.8) is 0 Å². The van der Waals surface area contributed by atoms with E-state index in [1.807, 2.05) is 0 Å². The van der Waals surface area contributed by atoms with Gasteiger partial charge in [-0.05, 0) is 0 Å². The van der Waals surface area contributed by atoms with E-state index in [2.05, 4.69) is 14.8 Å². The summed E-state index contributed by atoms with van der Waals surface area (Å²) in [7, 11) is 2.75. The van der Waals surface area contributed by atoms with Crippen molar-refractivity contribution in [1.82, 2.24) is 15.0 Å². The fraction of sp³-hybridized carbons (Fsp3) is 0.286. The van der Waals surface area contributed by atoms with Gasteiger partial charge in [0.15, 0.2) is 5.82 Å². The van der Waals surface area contributed by atoms with Crippen molar-refractivity contribution in [3.05, 3.63) is 24.0 Å². The molecular formula is C7H8FN3O2. The maximum Gasteiger partial charge on any atom is 0.314 e. The van der Waals surface area contributed by atoms with Crippen LogP contribution in [-0.2, 0) is 4.84 Å². The number of aromatic nitrogens is 2. The third-order valence-electron chi connectivity index (χ3n) is 1.37. The summed E-state index contributed by atoms with van der Waals surface area (Å²) in [5.41, 5.74) is 0. The zero-order valence-electron chi connectivity index (χ0n) is 7.19. The highest BCUT2D eigenvalue weighted by Crippen LogP contribution is 1.97. The van der Waals surface area contributed by atoms with Crippen molar-refractivity contribution in [2.75, 3.05) is 14.2 Å². The minimum Gasteiger partial charge on any atom is -0.274 e. The van der Waals surface area contributed by atoms with E-state index in [9.17, 15) is 9.18 Å². The summed E-state index contributed by atoms with van der Waals surface area (Å²) >= 11 is 0. The molecule has 0 aromatic carbocycles. The van der Waals surface area contributed by atoms with Gasteiger partial charge in [0.1, 0.15) is 0 Å². The number of carbonyl (C=O) groups excluding carboxylic acids is 1. The van der Waals surface area contributed by atoms with Gasteiger partial charge in [-0.3, -0.25) is 9.63 Å². The molecule has 0 radical (unpaired) electrons. The third kappa shape index (κ3) is 2.19. The molecule has 13 heavy (non-hydrogen) atoms. The minimum absolute atomic E-state index is 0.106. The van der Waals surface area contributed by atoms with E-state index in [1.54, 1.807) is 0 Å². The molecule has 70 valence electrons. The monoisotopic (exact) mass is 185 g/mol. The number of hydroxylamine groups is 2. The molecule has 0 aliphatic rings. The van der Waals surface area contributed by atoms with Crippen LogP contribution in [0, 0.1) is 5.82 Å². The highest BCUT2D eigenvalue weighted by molar-refractivity contribution is 5.89. The van der Waals surface area contributed by atoms with Gasteiger partial charge >= 0.3 is 5.91 Å². The van der Waals surface area contributed by atoms with Gasteiger partial charge in [0, 0.05) is 7.05 Å². The van der Waals surface area contributed by atoms with Crippen LogP contribution in [0.2, 0.25) is 0 Å². The van der Waals surface area contributed by atoms with Crippen molar-refractivity contribution in [3.8, 4) is 0 Å². The Balaban J connectivity index is 2.83. The number of hydrogen-bond donors (Lipinski definition) is 0. The van der Waals surface area contributed by atoms with Crippen LogP contribution in [-0.4, -0.2) is 35.1 Å². The Morgan fingerprint density at radius 1 is 1.54 bits per heavy atom. The van der Waals surface area contributed by atoms with Crippen LogP contribution in [0.3, 0.4) is 0 Å². The lowest BCUT2D eigenvalue weighted by atomic mass is 10.5. The van der Waals surface area contributed by atoms with Crippen LogP contribution in [0.1, 0.15) is 10.6 Å². The topological polar surface area (TPSA) is 55.3 Å². The molecule has 0 aliphatic heterocycles. The van der Waals surface area contributed by atoms with Crippen LogP contribution in [0.15, 0.2) is 12.4 Å². The van der Waals surface area contributed by atoms with Gasteiger partial charge in [0.2, 0.25) is 5.82 Å². The van der Waals surface area contributed by atoms with Gasteiger partial charge in [-0.15, -0.1) is 0 Å². The Kier molecular flexibility index (Phi) is 2.86. The van der Waals surface area contributed by atoms with E-state index in [0.717, 1.165) is 17.5 Å². The molecule has 1 aromatic heterocycles. The van der Waals surface area contributed by atoms with Crippen LogP contribution in [0.25, 0.3) is 0 Å². The van der Waals surface area contributed by atoms with Crippen LogP contribution < -0.4 is 0 Å². The molecule has 1 amide bonds. The van der Waals surface area contributed by atoms with Crippen molar-refractivity contribution in [2.24, 2.45) is 0 Å². The molecule has 0 N–H and O–H groups in total. The second-order valence-electron chi connectivity index (χ2n) is 2.21. The first-order valence-electron chi connectivity index (χ1n) is 3.45. The maximum atomic E-state index is 12.4. The van der Waals surface area contributed by atoms with Crippen LogP contribution >= 0.6 is 0 Å². The number of hydrogen-bond acceptors (Lipinski definition) is 4. The van der Waals surface area contributed by atoms with Crippen molar-refractivity contribution < 1.29 is 14.0 Å². The van der Waals surface area contributed by atoms with E-state index >= 15 is 0 Å². The lowest BCUT2D eigenvalue weighted by molar-refractivity contribution is -0.0764. The number of nitrogens with zero attached hydrogens (tertiary/aromatic N) is 3. The fourth-order valence-electron chi connectivity index (χ4n) is 0.646. The number of amides is 1. The predicted octanol–water partition coefficient (Wildman–Crippen LogP) is 0.249. The normalized spacial score (nSPS) is 9.77. The summed E-state index contributed by atoms with van der Waals surface area (Å²) in [4.78, 5) is 22.8. The van der Waals surface area contributed by atoms with Gasteiger partial charge in [0.25, 0.3) is 0 Å². The van der Waals surface area contributed by atoms with Gasteiger partial charge in [-0.1, -0.05) is 0 Å². The van der Waals surface area contributed by atoms with Crippen LogP contribution in [0.5, 0.6) is 0 Å². The Morgan fingerprint density at radius 3 is 2.54 bits per heavy atom. The highest BCUT2D eigenvalue weighted by Gasteiger charge is 2.13. The van der Waals surface area contributed by atoms with Gasteiger partial charge in [-0.25, -0.2) is 19.4 Å². The molecule has 0 saturated carbocycles. The molecule has 0 fully saturated rings. The third-order valence-corrected chi connectivity index (χ3v) is 1.37. The molecule has 5 nitrogen and oxygen atoms in total. The first kappa shape index (κ1) is 9.53. The number of rotatable bonds is 2. The molecule has 0 unspecified atom stereocenters. The maximum absolute atomic E-state index is 12.4. The second kappa shape index (κ2) is 3.90. The zero-order valence-corrected chi connectivity index (χ0v) is 7.19. The average Bonchev–Trinajstić information content (AvgIpc) is 2.17. The Labute approximate surface area is 74.1 Å². The summed E-state index contributed by atoms with van der Waals surface area (Å²) in [6.45, 7) is 0. The first-order chi connectivity index (χ1) is 6.15. The van der Waals surface area contributed by atoms with E-state index in [4.69, 9.17) is 0 Å². The SMILES string of the molecule is CON(C)C(=O)c1ncc(F)cn1. The standard InChI is InChI=1S/C7H8FN3O2/c1-11(13-2)7(12)6-9-3-5(8)4-10-6/h3-4H,1-2H3. The second-order valence-corrected chi connectivity index (χ2v) is 2.21. The number of carbonyl (C=O) groups is 1. The predicted molar refractivity (Wildman–Crippen MR) is 41.1 cm³/mol. The van der Waals surface area contributed by atoms with Gasteiger partial charge in [-0.2, -0.15) is 0 Å². The molecule has 6 heteroatoms. The molecule has 0 saturated heterocycles.